The van der Waals surface area contributed by atoms with Crippen LogP contribution in [0.3, 0.4) is 0 Å². The molecule has 1 fully saturated rings. The highest BCUT2D eigenvalue weighted by Gasteiger charge is 2.25. The van der Waals surface area contributed by atoms with Crippen LogP contribution in [-0.4, -0.2) is 28.1 Å². The molecule has 0 amide bonds. The van der Waals surface area contributed by atoms with Gasteiger partial charge < -0.3 is 19.9 Å². The van der Waals surface area contributed by atoms with E-state index in [-0.39, 0.29) is 5.56 Å². The zero-order valence-electron chi connectivity index (χ0n) is 19.0. The molecule has 1 aromatic heterocycles. The minimum atomic E-state index is -0.0713. The van der Waals surface area contributed by atoms with Crippen LogP contribution in [0.15, 0.2) is 47.3 Å². The van der Waals surface area contributed by atoms with Gasteiger partial charge in [0.05, 0.1) is 13.7 Å². The molecule has 0 radical (unpaired) electrons. The summed E-state index contributed by atoms with van der Waals surface area (Å²) in [5, 5.41) is 5.10. The van der Waals surface area contributed by atoms with Gasteiger partial charge in [0.15, 0.2) is 5.11 Å². The number of aromatic amines is 1. The number of pyridine rings is 1. The van der Waals surface area contributed by atoms with E-state index in [2.05, 4.69) is 41.2 Å². The summed E-state index contributed by atoms with van der Waals surface area (Å²) in [5.41, 5.74) is 4.88. The Hall–Kier alpha value is -2.86. The molecule has 6 heteroatoms. The van der Waals surface area contributed by atoms with Gasteiger partial charge in [-0.05, 0) is 80.4 Å². The Morgan fingerprint density at radius 1 is 1.16 bits per heavy atom. The van der Waals surface area contributed by atoms with Crippen molar-refractivity contribution in [2.45, 2.75) is 58.5 Å². The molecule has 0 unspecified atom stereocenters. The van der Waals surface area contributed by atoms with Crippen LogP contribution in [0.4, 0.5) is 5.69 Å². The van der Waals surface area contributed by atoms with Crippen LogP contribution < -0.4 is 15.6 Å². The molecule has 0 atom stereocenters. The van der Waals surface area contributed by atoms with Gasteiger partial charge in [0.2, 0.25) is 0 Å². The molecule has 1 aliphatic rings. The number of H-pyrrole nitrogens is 1. The number of methoxy groups -OCH3 is 1. The summed E-state index contributed by atoms with van der Waals surface area (Å²) in [6.45, 7) is 4.68. The van der Waals surface area contributed by atoms with Gasteiger partial charge in [-0.15, -0.1) is 0 Å². The summed E-state index contributed by atoms with van der Waals surface area (Å²) < 4.78 is 5.36. The van der Waals surface area contributed by atoms with Crippen molar-refractivity contribution in [3.63, 3.8) is 0 Å². The van der Waals surface area contributed by atoms with Crippen molar-refractivity contribution in [2.75, 3.05) is 12.4 Å². The molecule has 168 valence electrons. The highest BCUT2D eigenvalue weighted by atomic mass is 32.1. The molecular formula is C26H31N3O2S. The van der Waals surface area contributed by atoms with Crippen molar-refractivity contribution in [1.29, 1.82) is 0 Å². The molecule has 1 aliphatic carbocycles. The molecule has 1 heterocycles. The Labute approximate surface area is 194 Å². The van der Waals surface area contributed by atoms with Crippen LogP contribution in [0.25, 0.3) is 10.9 Å². The van der Waals surface area contributed by atoms with Crippen molar-refractivity contribution >= 4 is 33.9 Å². The van der Waals surface area contributed by atoms with E-state index in [1.165, 1.54) is 30.4 Å². The minimum Gasteiger partial charge on any atom is -0.497 e. The summed E-state index contributed by atoms with van der Waals surface area (Å²) in [6, 6.07) is 14.2. The Morgan fingerprint density at radius 3 is 2.69 bits per heavy atom. The van der Waals surface area contributed by atoms with E-state index in [1.807, 2.05) is 30.3 Å². The fourth-order valence-electron chi connectivity index (χ4n) is 4.49. The number of benzene rings is 2. The Morgan fingerprint density at radius 2 is 1.94 bits per heavy atom. The number of rotatable bonds is 5. The SMILES string of the molecule is COc1ccc2[nH]c(=O)c(CN(C(=S)Nc3cccc(C)c3C)C3CCCCC3)cc2c1. The Bertz CT molecular complexity index is 1180. The third kappa shape index (κ3) is 4.80. The first-order valence-corrected chi connectivity index (χ1v) is 11.7. The molecule has 0 spiro atoms. The number of hydrogen-bond acceptors (Lipinski definition) is 3. The van der Waals surface area contributed by atoms with Crippen molar-refractivity contribution in [1.82, 2.24) is 9.88 Å². The number of nitrogens with zero attached hydrogens (tertiary/aromatic N) is 1. The van der Waals surface area contributed by atoms with Gasteiger partial charge in [-0.1, -0.05) is 31.4 Å². The minimum absolute atomic E-state index is 0.0713. The summed E-state index contributed by atoms with van der Waals surface area (Å²) >= 11 is 5.90. The van der Waals surface area contributed by atoms with Gasteiger partial charge in [-0.3, -0.25) is 4.79 Å². The van der Waals surface area contributed by atoms with Crippen molar-refractivity contribution in [3.8, 4) is 5.75 Å². The normalized spacial score (nSPS) is 14.3. The van der Waals surface area contributed by atoms with Crippen LogP contribution >= 0.6 is 12.2 Å². The van der Waals surface area contributed by atoms with E-state index < -0.39 is 0 Å². The third-order valence-corrected chi connectivity index (χ3v) is 6.93. The molecule has 5 nitrogen and oxygen atoms in total. The predicted octanol–water partition coefficient (Wildman–Crippen LogP) is 5.69. The molecule has 32 heavy (non-hydrogen) atoms. The van der Waals surface area contributed by atoms with Gasteiger partial charge in [0.25, 0.3) is 5.56 Å². The second-order valence-electron chi connectivity index (χ2n) is 8.67. The fourth-order valence-corrected chi connectivity index (χ4v) is 4.81. The van der Waals surface area contributed by atoms with Gasteiger partial charge in [0.1, 0.15) is 5.75 Å². The maximum absolute atomic E-state index is 12.9. The van der Waals surface area contributed by atoms with E-state index in [4.69, 9.17) is 17.0 Å². The van der Waals surface area contributed by atoms with Crippen molar-refractivity contribution < 1.29 is 4.74 Å². The van der Waals surface area contributed by atoms with E-state index in [1.54, 1.807) is 7.11 Å². The monoisotopic (exact) mass is 449 g/mol. The highest BCUT2D eigenvalue weighted by Crippen LogP contribution is 2.27. The fraction of sp³-hybridized carbons (Fsp3) is 0.385. The zero-order chi connectivity index (χ0) is 22.7. The smallest absolute Gasteiger partial charge is 0.253 e. The maximum Gasteiger partial charge on any atom is 0.253 e. The lowest BCUT2D eigenvalue weighted by Gasteiger charge is -2.36. The first-order chi connectivity index (χ1) is 15.5. The van der Waals surface area contributed by atoms with Crippen molar-refractivity contribution in [3.05, 3.63) is 69.5 Å². The number of aryl methyl sites for hydroxylation is 1. The highest BCUT2D eigenvalue weighted by molar-refractivity contribution is 7.80. The number of ether oxygens (including phenoxy) is 1. The van der Waals surface area contributed by atoms with Crippen LogP contribution in [0.1, 0.15) is 48.8 Å². The van der Waals surface area contributed by atoms with Crippen LogP contribution in [0, 0.1) is 13.8 Å². The number of aromatic nitrogens is 1. The molecule has 4 rings (SSSR count). The summed E-state index contributed by atoms with van der Waals surface area (Å²) in [5.74, 6) is 0.770. The lowest BCUT2D eigenvalue weighted by atomic mass is 9.94. The molecule has 0 bridgehead atoms. The van der Waals surface area contributed by atoms with Gasteiger partial charge >= 0.3 is 0 Å². The Balaban J connectivity index is 1.66. The quantitative estimate of drug-likeness (QED) is 0.491. The lowest BCUT2D eigenvalue weighted by molar-refractivity contribution is 0.240. The van der Waals surface area contributed by atoms with Crippen LogP contribution in [0.2, 0.25) is 0 Å². The zero-order valence-corrected chi connectivity index (χ0v) is 19.8. The van der Waals surface area contributed by atoms with E-state index in [0.717, 1.165) is 35.2 Å². The standard InChI is InChI=1S/C26H31N3O2S/c1-17-8-7-11-23(18(17)2)28-26(32)29(21-9-5-4-6-10-21)16-20-14-19-15-22(31-3)12-13-24(19)27-25(20)30/h7-8,11-15,21H,4-6,9-10,16H2,1-3H3,(H,27,30)(H,28,32). The Kier molecular flexibility index (Phi) is 6.80. The second kappa shape index (κ2) is 9.74. The number of fused-ring (bicyclic) bond motifs is 1. The average molecular weight is 450 g/mol. The van der Waals surface area contributed by atoms with E-state index >= 15 is 0 Å². The summed E-state index contributed by atoms with van der Waals surface area (Å²) in [6.07, 6.45) is 5.83. The molecule has 2 N–H and O–H groups in total. The number of nitrogens with one attached hydrogen (secondary N) is 2. The van der Waals surface area contributed by atoms with E-state index in [0.29, 0.717) is 23.3 Å². The first-order valence-electron chi connectivity index (χ1n) is 11.3. The molecule has 3 aromatic rings. The molecule has 0 saturated heterocycles. The number of hydrogen-bond donors (Lipinski definition) is 2. The van der Waals surface area contributed by atoms with Gasteiger partial charge in [-0.25, -0.2) is 0 Å². The average Bonchev–Trinajstić information content (AvgIpc) is 2.80. The number of anilines is 1. The largest absolute Gasteiger partial charge is 0.497 e. The molecule has 1 saturated carbocycles. The second-order valence-corrected chi connectivity index (χ2v) is 9.06. The lowest BCUT2D eigenvalue weighted by Crippen LogP contribution is -2.44. The first kappa shape index (κ1) is 22.3. The molecule has 2 aromatic carbocycles. The predicted molar refractivity (Wildman–Crippen MR) is 136 cm³/mol. The summed E-state index contributed by atoms with van der Waals surface area (Å²) in [7, 11) is 1.65. The van der Waals surface area contributed by atoms with E-state index in [9.17, 15) is 4.79 Å². The van der Waals surface area contributed by atoms with Crippen molar-refractivity contribution in [2.24, 2.45) is 0 Å². The van der Waals surface area contributed by atoms with Gasteiger partial charge in [0, 0.05) is 28.2 Å². The molecule has 0 aliphatic heterocycles. The summed E-state index contributed by atoms with van der Waals surface area (Å²) in [4.78, 5) is 18.1. The third-order valence-electron chi connectivity index (χ3n) is 6.59. The maximum atomic E-state index is 12.9. The molecular weight excluding hydrogens is 418 g/mol. The topological polar surface area (TPSA) is 57.4 Å². The van der Waals surface area contributed by atoms with Crippen LogP contribution in [-0.2, 0) is 6.54 Å². The number of thiocarbonyl (C=S) groups is 1. The van der Waals surface area contributed by atoms with Gasteiger partial charge in [-0.2, -0.15) is 0 Å². The van der Waals surface area contributed by atoms with Crippen LogP contribution in [0.5, 0.6) is 5.75 Å².